The van der Waals surface area contributed by atoms with E-state index >= 15 is 0 Å². The number of rotatable bonds is 5. The third kappa shape index (κ3) is 2.96. The van der Waals surface area contributed by atoms with Crippen molar-refractivity contribution in [2.45, 2.75) is 26.8 Å². The first-order chi connectivity index (χ1) is 9.17. The molecule has 0 aliphatic heterocycles. The van der Waals surface area contributed by atoms with Crippen LogP contribution in [0.1, 0.15) is 30.5 Å². The number of methoxy groups -OCH3 is 1. The Balaban J connectivity index is 2.39. The van der Waals surface area contributed by atoms with Crippen LogP contribution in [0.25, 0.3) is 10.6 Å². The lowest BCUT2D eigenvalue weighted by Crippen LogP contribution is -2.17. The highest BCUT2D eigenvalue weighted by molar-refractivity contribution is 7.15. The summed E-state index contributed by atoms with van der Waals surface area (Å²) in [6.45, 7) is 7.32. The van der Waals surface area contributed by atoms with Crippen molar-refractivity contribution in [2.75, 3.05) is 13.7 Å². The Hall–Kier alpha value is -1.39. The molecule has 2 rings (SSSR count). The van der Waals surface area contributed by atoms with Gasteiger partial charge in [0.1, 0.15) is 10.8 Å². The summed E-state index contributed by atoms with van der Waals surface area (Å²) in [5.41, 5.74) is 2.16. The summed E-state index contributed by atoms with van der Waals surface area (Å²) in [4.78, 5) is 5.99. The number of para-hydroxylation sites is 1. The number of nitrogens with zero attached hydrogens (tertiary/aromatic N) is 1. The van der Waals surface area contributed by atoms with Crippen LogP contribution < -0.4 is 10.1 Å². The average molecular weight is 276 g/mol. The van der Waals surface area contributed by atoms with Crippen LogP contribution in [-0.4, -0.2) is 18.6 Å². The molecule has 1 atom stereocenters. The van der Waals surface area contributed by atoms with Crippen LogP contribution in [0.15, 0.2) is 24.3 Å². The van der Waals surface area contributed by atoms with Crippen molar-refractivity contribution in [3.05, 3.63) is 34.8 Å². The second-order valence-corrected chi connectivity index (χ2v) is 5.48. The molecule has 0 fully saturated rings. The lowest BCUT2D eigenvalue weighted by atomic mass is 10.2. The van der Waals surface area contributed by atoms with Gasteiger partial charge in [-0.25, -0.2) is 4.98 Å². The molecule has 1 heterocycles. The zero-order valence-corrected chi connectivity index (χ0v) is 12.7. The molecular weight excluding hydrogens is 256 g/mol. The highest BCUT2D eigenvalue weighted by Crippen LogP contribution is 2.36. The molecule has 0 radical (unpaired) electrons. The minimum Gasteiger partial charge on any atom is -0.496 e. The fourth-order valence-electron chi connectivity index (χ4n) is 2.15. The molecule has 0 aliphatic carbocycles. The first-order valence-corrected chi connectivity index (χ1v) is 7.33. The molecule has 1 unspecified atom stereocenters. The Morgan fingerprint density at radius 1 is 1.37 bits per heavy atom. The van der Waals surface area contributed by atoms with E-state index in [4.69, 9.17) is 9.72 Å². The number of thiazole rings is 1. The van der Waals surface area contributed by atoms with Crippen LogP contribution in [0.2, 0.25) is 0 Å². The number of hydrogen-bond acceptors (Lipinski definition) is 4. The van der Waals surface area contributed by atoms with Gasteiger partial charge >= 0.3 is 0 Å². The normalized spacial score (nSPS) is 12.4. The molecular formula is C15H20N2OS. The summed E-state index contributed by atoms with van der Waals surface area (Å²) in [5, 5.41) is 4.46. The second kappa shape index (κ2) is 6.17. The van der Waals surface area contributed by atoms with E-state index in [2.05, 4.69) is 32.2 Å². The van der Waals surface area contributed by atoms with Crippen molar-refractivity contribution in [1.29, 1.82) is 0 Å². The summed E-state index contributed by atoms with van der Waals surface area (Å²) in [6.07, 6.45) is 0. The van der Waals surface area contributed by atoms with Crippen LogP contribution >= 0.6 is 11.3 Å². The molecule has 0 saturated heterocycles. The van der Waals surface area contributed by atoms with Crippen LogP contribution in [0.4, 0.5) is 0 Å². The predicted octanol–water partition coefficient (Wildman–Crippen LogP) is 3.80. The van der Waals surface area contributed by atoms with E-state index < -0.39 is 0 Å². The third-order valence-corrected chi connectivity index (χ3v) is 4.45. The van der Waals surface area contributed by atoms with Gasteiger partial charge in [-0.3, -0.25) is 0 Å². The van der Waals surface area contributed by atoms with Crippen molar-refractivity contribution >= 4 is 11.3 Å². The molecule has 1 aromatic heterocycles. The highest BCUT2D eigenvalue weighted by atomic mass is 32.1. The minimum atomic E-state index is 0.339. The largest absolute Gasteiger partial charge is 0.496 e. The van der Waals surface area contributed by atoms with Gasteiger partial charge in [0.15, 0.2) is 0 Å². The maximum absolute atomic E-state index is 5.41. The van der Waals surface area contributed by atoms with Gasteiger partial charge in [0.2, 0.25) is 0 Å². The van der Waals surface area contributed by atoms with Crippen LogP contribution in [0, 0.1) is 6.92 Å². The topological polar surface area (TPSA) is 34.1 Å². The molecule has 102 valence electrons. The number of aryl methyl sites for hydroxylation is 1. The summed E-state index contributed by atoms with van der Waals surface area (Å²) in [7, 11) is 1.70. The van der Waals surface area contributed by atoms with Gasteiger partial charge in [-0.15, -0.1) is 11.3 Å². The maximum Gasteiger partial charge on any atom is 0.129 e. The Labute approximate surface area is 118 Å². The molecule has 0 amide bonds. The molecule has 1 aromatic carbocycles. The van der Waals surface area contributed by atoms with Gasteiger partial charge in [-0.1, -0.05) is 19.1 Å². The van der Waals surface area contributed by atoms with Crippen LogP contribution in [-0.2, 0) is 0 Å². The SMILES string of the molecule is CCNC(C)c1sc(-c2ccccc2OC)nc1C. The average Bonchev–Trinajstić information content (AvgIpc) is 2.81. The number of ether oxygens (including phenoxy) is 1. The van der Waals surface area contributed by atoms with Crippen molar-refractivity contribution in [2.24, 2.45) is 0 Å². The Morgan fingerprint density at radius 2 is 2.11 bits per heavy atom. The summed E-state index contributed by atoms with van der Waals surface area (Å²) >= 11 is 1.74. The first kappa shape index (κ1) is 14.0. The zero-order chi connectivity index (χ0) is 13.8. The molecule has 0 saturated carbocycles. The van der Waals surface area contributed by atoms with Gasteiger partial charge in [-0.05, 0) is 32.5 Å². The number of benzene rings is 1. The Bertz CT molecular complexity index is 551. The van der Waals surface area contributed by atoms with Crippen LogP contribution in [0.5, 0.6) is 5.75 Å². The van der Waals surface area contributed by atoms with Crippen LogP contribution in [0.3, 0.4) is 0 Å². The fraction of sp³-hybridized carbons (Fsp3) is 0.400. The molecule has 3 nitrogen and oxygen atoms in total. The molecule has 0 aliphatic rings. The van der Waals surface area contributed by atoms with Crippen molar-refractivity contribution in [1.82, 2.24) is 10.3 Å². The number of nitrogens with one attached hydrogen (secondary N) is 1. The van der Waals surface area contributed by atoms with E-state index in [0.717, 1.165) is 28.6 Å². The molecule has 19 heavy (non-hydrogen) atoms. The smallest absolute Gasteiger partial charge is 0.129 e. The van der Waals surface area contributed by atoms with Gasteiger partial charge in [0.05, 0.1) is 18.4 Å². The second-order valence-electron chi connectivity index (χ2n) is 4.45. The molecule has 4 heteroatoms. The minimum absolute atomic E-state index is 0.339. The third-order valence-electron chi connectivity index (χ3n) is 3.07. The maximum atomic E-state index is 5.41. The summed E-state index contributed by atoms with van der Waals surface area (Å²) in [5.74, 6) is 0.874. The van der Waals surface area contributed by atoms with Gasteiger partial charge in [0.25, 0.3) is 0 Å². The fourth-order valence-corrected chi connectivity index (χ4v) is 3.27. The Morgan fingerprint density at radius 3 is 2.79 bits per heavy atom. The summed E-state index contributed by atoms with van der Waals surface area (Å²) in [6, 6.07) is 8.36. The monoisotopic (exact) mass is 276 g/mol. The lowest BCUT2D eigenvalue weighted by Gasteiger charge is -2.10. The first-order valence-electron chi connectivity index (χ1n) is 6.51. The van der Waals surface area contributed by atoms with Crippen molar-refractivity contribution in [3.63, 3.8) is 0 Å². The highest BCUT2D eigenvalue weighted by Gasteiger charge is 2.16. The quantitative estimate of drug-likeness (QED) is 0.902. The molecule has 0 bridgehead atoms. The molecule has 2 aromatic rings. The van der Waals surface area contributed by atoms with E-state index in [0.29, 0.717) is 6.04 Å². The van der Waals surface area contributed by atoms with E-state index in [1.807, 2.05) is 18.2 Å². The van der Waals surface area contributed by atoms with Gasteiger partial charge < -0.3 is 10.1 Å². The number of hydrogen-bond donors (Lipinski definition) is 1. The zero-order valence-electron chi connectivity index (χ0n) is 11.9. The molecule has 1 N–H and O–H groups in total. The van der Waals surface area contributed by atoms with Crippen molar-refractivity contribution in [3.8, 4) is 16.3 Å². The van der Waals surface area contributed by atoms with E-state index in [1.54, 1.807) is 18.4 Å². The number of aromatic nitrogens is 1. The lowest BCUT2D eigenvalue weighted by molar-refractivity contribution is 0.416. The van der Waals surface area contributed by atoms with Gasteiger partial charge in [0, 0.05) is 10.9 Å². The predicted molar refractivity (Wildman–Crippen MR) is 80.9 cm³/mol. The Kier molecular flexibility index (Phi) is 4.56. The van der Waals surface area contributed by atoms with E-state index in [-0.39, 0.29) is 0 Å². The standard InChI is InChI=1S/C15H20N2OS/c1-5-16-10(2)14-11(3)17-15(19-14)12-8-6-7-9-13(12)18-4/h6-10,16H,5H2,1-4H3. The molecule has 0 spiro atoms. The van der Waals surface area contributed by atoms with E-state index in [9.17, 15) is 0 Å². The van der Waals surface area contributed by atoms with Crippen molar-refractivity contribution < 1.29 is 4.74 Å². The summed E-state index contributed by atoms with van der Waals surface area (Å²) < 4.78 is 5.41. The van der Waals surface area contributed by atoms with E-state index in [1.165, 1.54) is 4.88 Å². The van der Waals surface area contributed by atoms with Gasteiger partial charge in [-0.2, -0.15) is 0 Å².